The van der Waals surface area contributed by atoms with Gasteiger partial charge in [-0.3, -0.25) is 0 Å². The summed E-state index contributed by atoms with van der Waals surface area (Å²) in [5.74, 6) is 0. The largest absolute Gasteiger partial charge is 0.131 e. The van der Waals surface area contributed by atoms with Crippen molar-refractivity contribution in [2.75, 3.05) is 0 Å². The molecular formula is C7H17P. The monoisotopic (exact) mass is 132 g/mol. The minimum absolute atomic E-state index is 0.542. The van der Waals surface area contributed by atoms with Crippen molar-refractivity contribution >= 4 is 9.24 Å². The fraction of sp³-hybridized carbons (Fsp3) is 1.00. The summed E-state index contributed by atoms with van der Waals surface area (Å²) in [5, 5.41) is 0.542. The normalized spacial score (nSPS) is 12.0. The Bertz CT molecular complexity index is 47.1. The van der Waals surface area contributed by atoms with Crippen LogP contribution in [-0.4, -0.2) is 5.16 Å². The van der Waals surface area contributed by atoms with E-state index in [0.29, 0.717) is 5.16 Å². The minimum Gasteiger partial charge on any atom is -0.131 e. The van der Waals surface area contributed by atoms with Crippen LogP contribution in [0.3, 0.4) is 0 Å². The van der Waals surface area contributed by atoms with Gasteiger partial charge in [-0.15, -0.1) is 9.24 Å². The molecule has 0 spiro atoms. The van der Waals surface area contributed by atoms with E-state index in [-0.39, 0.29) is 0 Å². The summed E-state index contributed by atoms with van der Waals surface area (Å²) in [6, 6.07) is 0. The smallest absolute Gasteiger partial charge is 0.0158 e. The molecule has 0 aromatic rings. The Morgan fingerprint density at radius 1 is 1.00 bits per heavy atom. The molecule has 0 aliphatic rings. The average molecular weight is 132 g/mol. The minimum atomic E-state index is 0.542. The van der Waals surface area contributed by atoms with Crippen molar-refractivity contribution < 1.29 is 0 Å². The molecule has 0 aliphatic heterocycles. The Hall–Kier alpha value is 0.430. The van der Waals surface area contributed by atoms with E-state index in [1.807, 2.05) is 0 Å². The second-order valence-corrected chi connectivity index (χ2v) is 3.65. The third kappa shape index (κ3) is 2.13. The predicted molar refractivity (Wildman–Crippen MR) is 43.3 cm³/mol. The molecule has 0 bridgehead atoms. The predicted octanol–water partition coefficient (Wildman–Crippen LogP) is 2.83. The molecule has 0 N–H and O–H groups in total. The van der Waals surface area contributed by atoms with Crippen LogP contribution in [-0.2, 0) is 0 Å². The number of hydrogen-bond acceptors (Lipinski definition) is 0. The maximum absolute atomic E-state index is 2.94. The Labute approximate surface area is 55.3 Å². The van der Waals surface area contributed by atoms with E-state index in [1.165, 1.54) is 19.3 Å². The van der Waals surface area contributed by atoms with Crippen molar-refractivity contribution in [2.24, 2.45) is 0 Å². The molecular weight excluding hydrogens is 115 g/mol. The third-order valence-corrected chi connectivity index (χ3v) is 3.34. The topological polar surface area (TPSA) is 0 Å². The zero-order valence-corrected chi connectivity index (χ0v) is 7.35. The van der Waals surface area contributed by atoms with Gasteiger partial charge in [0.1, 0.15) is 0 Å². The highest BCUT2D eigenvalue weighted by molar-refractivity contribution is 7.18. The summed E-state index contributed by atoms with van der Waals surface area (Å²) in [5.41, 5.74) is 0. The van der Waals surface area contributed by atoms with Crippen LogP contribution in [0.1, 0.15) is 40.0 Å². The van der Waals surface area contributed by atoms with Crippen LogP contribution in [0.4, 0.5) is 0 Å². The molecule has 0 amide bonds. The first-order valence-corrected chi connectivity index (χ1v) is 4.05. The van der Waals surface area contributed by atoms with Crippen molar-refractivity contribution in [3.05, 3.63) is 0 Å². The van der Waals surface area contributed by atoms with E-state index in [9.17, 15) is 0 Å². The van der Waals surface area contributed by atoms with E-state index in [4.69, 9.17) is 0 Å². The fourth-order valence-electron chi connectivity index (χ4n) is 0.750. The first-order chi connectivity index (χ1) is 3.68. The molecule has 0 saturated carbocycles. The van der Waals surface area contributed by atoms with E-state index in [0.717, 1.165) is 0 Å². The third-order valence-electron chi connectivity index (χ3n) is 2.11. The van der Waals surface area contributed by atoms with Gasteiger partial charge in [0, 0.05) is 0 Å². The molecule has 0 nitrogen and oxygen atoms in total. The standard InChI is InChI=1S/C7H17P/c1-4-7(8,5-2)6-3/h4-6,8H2,1-3H3. The lowest BCUT2D eigenvalue weighted by molar-refractivity contribution is 0.531. The zero-order valence-electron chi connectivity index (χ0n) is 6.20. The van der Waals surface area contributed by atoms with Gasteiger partial charge in [-0.2, -0.15) is 0 Å². The van der Waals surface area contributed by atoms with Crippen LogP contribution in [0.5, 0.6) is 0 Å². The fourth-order valence-corrected chi connectivity index (χ4v) is 0.750. The highest BCUT2D eigenvalue weighted by Gasteiger charge is 2.15. The lowest BCUT2D eigenvalue weighted by Crippen LogP contribution is -2.15. The first kappa shape index (κ1) is 8.43. The SMILES string of the molecule is CCC(P)(CC)CC. The van der Waals surface area contributed by atoms with Crippen LogP contribution in [0.25, 0.3) is 0 Å². The lowest BCUT2D eigenvalue weighted by Gasteiger charge is -2.23. The van der Waals surface area contributed by atoms with Crippen molar-refractivity contribution in [3.63, 3.8) is 0 Å². The van der Waals surface area contributed by atoms with Gasteiger partial charge < -0.3 is 0 Å². The Morgan fingerprint density at radius 2 is 1.25 bits per heavy atom. The van der Waals surface area contributed by atoms with E-state index >= 15 is 0 Å². The maximum atomic E-state index is 2.94. The number of hydrogen-bond donors (Lipinski definition) is 0. The molecule has 1 atom stereocenters. The van der Waals surface area contributed by atoms with E-state index < -0.39 is 0 Å². The van der Waals surface area contributed by atoms with Gasteiger partial charge >= 0.3 is 0 Å². The first-order valence-electron chi connectivity index (χ1n) is 3.47. The van der Waals surface area contributed by atoms with Gasteiger partial charge in [-0.1, -0.05) is 20.8 Å². The second kappa shape index (κ2) is 3.45. The Morgan fingerprint density at radius 3 is 1.25 bits per heavy atom. The van der Waals surface area contributed by atoms with Crippen LogP contribution < -0.4 is 0 Å². The van der Waals surface area contributed by atoms with E-state index in [1.54, 1.807) is 0 Å². The molecule has 0 saturated heterocycles. The van der Waals surface area contributed by atoms with Crippen LogP contribution in [0.2, 0.25) is 0 Å². The van der Waals surface area contributed by atoms with Gasteiger partial charge in [-0.25, -0.2) is 0 Å². The summed E-state index contributed by atoms with van der Waals surface area (Å²) in [7, 11) is 2.94. The van der Waals surface area contributed by atoms with Gasteiger partial charge in [-0.05, 0) is 24.4 Å². The molecule has 0 rings (SSSR count). The maximum Gasteiger partial charge on any atom is -0.0158 e. The summed E-state index contributed by atoms with van der Waals surface area (Å²) < 4.78 is 0. The van der Waals surface area contributed by atoms with E-state index in [2.05, 4.69) is 30.0 Å². The van der Waals surface area contributed by atoms with Crippen molar-refractivity contribution in [1.29, 1.82) is 0 Å². The second-order valence-electron chi connectivity index (χ2n) is 2.42. The number of rotatable bonds is 3. The van der Waals surface area contributed by atoms with Gasteiger partial charge in [0.2, 0.25) is 0 Å². The summed E-state index contributed by atoms with van der Waals surface area (Å²) in [6.07, 6.45) is 3.85. The van der Waals surface area contributed by atoms with Crippen LogP contribution >= 0.6 is 9.24 Å². The molecule has 0 fully saturated rings. The average Bonchev–Trinajstić information content (AvgIpc) is 1.87. The quantitative estimate of drug-likeness (QED) is 0.518. The summed E-state index contributed by atoms with van der Waals surface area (Å²) in [4.78, 5) is 0. The summed E-state index contributed by atoms with van der Waals surface area (Å²) in [6.45, 7) is 6.75. The molecule has 0 aromatic heterocycles. The zero-order chi connectivity index (χ0) is 6.62. The Balaban J connectivity index is 3.58. The van der Waals surface area contributed by atoms with Crippen LogP contribution in [0, 0.1) is 0 Å². The highest BCUT2D eigenvalue weighted by Crippen LogP contribution is 2.29. The molecule has 0 aliphatic carbocycles. The molecule has 0 radical (unpaired) electrons. The van der Waals surface area contributed by atoms with Gasteiger partial charge in [0.15, 0.2) is 0 Å². The van der Waals surface area contributed by atoms with Crippen LogP contribution in [0.15, 0.2) is 0 Å². The molecule has 0 heterocycles. The molecule has 0 aromatic carbocycles. The molecule has 50 valence electrons. The molecule has 8 heavy (non-hydrogen) atoms. The van der Waals surface area contributed by atoms with Crippen molar-refractivity contribution in [2.45, 2.75) is 45.2 Å². The van der Waals surface area contributed by atoms with Crippen molar-refractivity contribution in [1.82, 2.24) is 0 Å². The summed E-state index contributed by atoms with van der Waals surface area (Å²) >= 11 is 0. The van der Waals surface area contributed by atoms with Crippen molar-refractivity contribution in [3.8, 4) is 0 Å². The van der Waals surface area contributed by atoms with Gasteiger partial charge in [0.25, 0.3) is 0 Å². The lowest BCUT2D eigenvalue weighted by atomic mass is 9.99. The highest BCUT2D eigenvalue weighted by atomic mass is 31.0. The Kier molecular flexibility index (Phi) is 3.64. The van der Waals surface area contributed by atoms with Gasteiger partial charge in [0.05, 0.1) is 0 Å². The molecule has 1 unspecified atom stereocenters. The molecule has 1 heteroatoms.